The predicted octanol–water partition coefficient (Wildman–Crippen LogP) is 0.641. The maximum atomic E-state index is 11.1. The number of esters is 1. The van der Waals surface area contributed by atoms with Crippen molar-refractivity contribution in [2.45, 2.75) is 20.3 Å². The van der Waals surface area contributed by atoms with E-state index in [1.807, 2.05) is 0 Å². The van der Waals surface area contributed by atoms with Gasteiger partial charge in [-0.1, -0.05) is 0 Å². The normalized spacial score (nSPS) is 10.0. The van der Waals surface area contributed by atoms with E-state index in [0.29, 0.717) is 6.61 Å². The van der Waals surface area contributed by atoms with Crippen LogP contribution in [-0.4, -0.2) is 34.0 Å². The summed E-state index contributed by atoms with van der Waals surface area (Å²) >= 11 is 0. The van der Waals surface area contributed by atoms with Crippen molar-refractivity contribution in [3.8, 4) is 0 Å². The first-order chi connectivity index (χ1) is 8.95. The zero-order chi connectivity index (χ0) is 14.4. The fourth-order valence-corrected chi connectivity index (χ4v) is 1.45. The number of nitro groups is 1. The van der Waals surface area contributed by atoms with Crippen molar-refractivity contribution >= 4 is 23.4 Å². The molecule has 0 saturated heterocycles. The molecule has 0 atom stereocenters. The molecule has 104 valence electrons. The molecule has 1 aromatic heterocycles. The third kappa shape index (κ3) is 4.05. The number of nitrogens with zero attached hydrogens (tertiary/aromatic N) is 3. The number of nitrogens with one attached hydrogen (secondary N) is 1. The maximum Gasteiger partial charge on any atom is 0.332 e. The smallest absolute Gasteiger partial charge is 0.332 e. The van der Waals surface area contributed by atoms with Crippen LogP contribution in [0.25, 0.3) is 0 Å². The van der Waals surface area contributed by atoms with Gasteiger partial charge in [0, 0.05) is 6.54 Å². The van der Waals surface area contributed by atoms with Crippen LogP contribution in [0.3, 0.4) is 0 Å². The lowest BCUT2D eigenvalue weighted by Crippen LogP contribution is -2.14. The molecule has 9 nitrogen and oxygen atoms in total. The third-order valence-corrected chi connectivity index (χ3v) is 2.19. The average molecular weight is 269 g/mol. The molecule has 1 heterocycles. The van der Waals surface area contributed by atoms with Gasteiger partial charge in [0.2, 0.25) is 11.8 Å². The number of carbonyl (C=O) groups excluding carboxylic acids is 1. The Kier molecular flexibility index (Phi) is 4.98. The first kappa shape index (κ1) is 14.6. The number of hydrogen-bond acceptors (Lipinski definition) is 8. The SMILES string of the molecule is CCOC(=O)CCNc1nc(N)nc(C)c1[N+](=O)[O-]. The largest absolute Gasteiger partial charge is 0.466 e. The van der Waals surface area contributed by atoms with Gasteiger partial charge in [0.05, 0.1) is 18.0 Å². The maximum absolute atomic E-state index is 11.1. The summed E-state index contributed by atoms with van der Waals surface area (Å²) in [5, 5.41) is 13.6. The Morgan fingerprint density at radius 2 is 2.21 bits per heavy atom. The van der Waals surface area contributed by atoms with Crippen molar-refractivity contribution in [2.24, 2.45) is 0 Å². The Labute approximate surface area is 109 Å². The molecular formula is C10H15N5O4. The Morgan fingerprint density at radius 1 is 1.53 bits per heavy atom. The summed E-state index contributed by atoms with van der Waals surface area (Å²) in [6.45, 7) is 3.62. The van der Waals surface area contributed by atoms with E-state index in [9.17, 15) is 14.9 Å². The van der Waals surface area contributed by atoms with Crippen LogP contribution in [-0.2, 0) is 9.53 Å². The molecule has 0 aliphatic carbocycles. The van der Waals surface area contributed by atoms with Crippen LogP contribution in [0.15, 0.2) is 0 Å². The van der Waals surface area contributed by atoms with Gasteiger partial charge in [-0.05, 0) is 13.8 Å². The number of nitrogen functional groups attached to an aromatic ring is 1. The van der Waals surface area contributed by atoms with E-state index in [2.05, 4.69) is 15.3 Å². The highest BCUT2D eigenvalue weighted by molar-refractivity contribution is 5.70. The molecule has 3 N–H and O–H groups in total. The van der Waals surface area contributed by atoms with Crippen LogP contribution in [0.4, 0.5) is 17.5 Å². The number of hydrogen-bond donors (Lipinski definition) is 2. The van der Waals surface area contributed by atoms with E-state index < -0.39 is 10.9 Å². The lowest BCUT2D eigenvalue weighted by molar-refractivity contribution is -0.385. The molecule has 0 amide bonds. The zero-order valence-electron chi connectivity index (χ0n) is 10.7. The van der Waals surface area contributed by atoms with E-state index in [1.54, 1.807) is 6.92 Å². The lowest BCUT2D eigenvalue weighted by atomic mass is 10.3. The Hall–Kier alpha value is -2.45. The highest BCUT2D eigenvalue weighted by Gasteiger charge is 2.21. The summed E-state index contributed by atoms with van der Waals surface area (Å²) in [6, 6.07) is 0. The predicted molar refractivity (Wildman–Crippen MR) is 67.6 cm³/mol. The van der Waals surface area contributed by atoms with E-state index in [0.717, 1.165) is 0 Å². The Balaban J connectivity index is 2.77. The second-order valence-corrected chi connectivity index (χ2v) is 3.60. The fraction of sp³-hybridized carbons (Fsp3) is 0.500. The van der Waals surface area contributed by atoms with E-state index in [4.69, 9.17) is 10.5 Å². The third-order valence-electron chi connectivity index (χ3n) is 2.19. The first-order valence-electron chi connectivity index (χ1n) is 5.63. The van der Waals surface area contributed by atoms with Crippen LogP contribution in [0.5, 0.6) is 0 Å². The van der Waals surface area contributed by atoms with Crippen molar-refractivity contribution in [1.82, 2.24) is 9.97 Å². The number of ether oxygens (including phenoxy) is 1. The van der Waals surface area contributed by atoms with Crippen LogP contribution < -0.4 is 11.1 Å². The minimum absolute atomic E-state index is 0.000650. The minimum Gasteiger partial charge on any atom is -0.466 e. The van der Waals surface area contributed by atoms with Crippen LogP contribution in [0.1, 0.15) is 19.0 Å². The van der Waals surface area contributed by atoms with E-state index in [-0.39, 0.29) is 36.1 Å². The second kappa shape index (κ2) is 6.47. The molecule has 0 radical (unpaired) electrons. The fourth-order valence-electron chi connectivity index (χ4n) is 1.45. The number of rotatable bonds is 6. The summed E-state index contributed by atoms with van der Waals surface area (Å²) < 4.78 is 4.73. The molecule has 0 saturated carbocycles. The van der Waals surface area contributed by atoms with Crippen LogP contribution >= 0.6 is 0 Å². The molecule has 19 heavy (non-hydrogen) atoms. The molecule has 0 spiro atoms. The van der Waals surface area contributed by atoms with Crippen LogP contribution in [0, 0.1) is 17.0 Å². The average Bonchev–Trinajstić information content (AvgIpc) is 2.27. The highest BCUT2D eigenvalue weighted by Crippen LogP contribution is 2.25. The molecule has 0 unspecified atom stereocenters. The summed E-state index contributed by atoms with van der Waals surface area (Å²) in [4.78, 5) is 28.9. The molecule has 0 aromatic carbocycles. The molecule has 1 aromatic rings. The second-order valence-electron chi connectivity index (χ2n) is 3.60. The van der Waals surface area contributed by atoms with Crippen molar-refractivity contribution in [3.05, 3.63) is 15.8 Å². The van der Waals surface area contributed by atoms with Gasteiger partial charge in [0.15, 0.2) is 0 Å². The zero-order valence-corrected chi connectivity index (χ0v) is 10.7. The molecular weight excluding hydrogens is 254 g/mol. The highest BCUT2D eigenvalue weighted by atomic mass is 16.6. The Bertz CT molecular complexity index is 491. The number of aryl methyl sites for hydroxylation is 1. The van der Waals surface area contributed by atoms with Gasteiger partial charge in [-0.2, -0.15) is 4.98 Å². The number of anilines is 2. The van der Waals surface area contributed by atoms with Gasteiger partial charge >= 0.3 is 11.7 Å². The van der Waals surface area contributed by atoms with Crippen LogP contribution in [0.2, 0.25) is 0 Å². The minimum atomic E-state index is -0.596. The quantitative estimate of drug-likeness (QED) is 0.436. The summed E-state index contributed by atoms with van der Waals surface area (Å²) in [6.07, 6.45) is 0.0773. The first-order valence-corrected chi connectivity index (χ1v) is 5.63. The van der Waals surface area contributed by atoms with Gasteiger partial charge in [-0.25, -0.2) is 4.98 Å². The summed E-state index contributed by atoms with van der Waals surface area (Å²) in [7, 11) is 0. The number of aromatic nitrogens is 2. The van der Waals surface area contributed by atoms with Gasteiger partial charge in [-0.15, -0.1) is 0 Å². The molecule has 0 bridgehead atoms. The molecule has 1 rings (SSSR count). The molecule has 0 aliphatic rings. The number of nitrogens with two attached hydrogens (primary N) is 1. The summed E-state index contributed by atoms with van der Waals surface area (Å²) in [5.41, 5.74) is 5.34. The van der Waals surface area contributed by atoms with Crippen molar-refractivity contribution in [2.75, 3.05) is 24.2 Å². The number of carbonyl (C=O) groups is 1. The molecule has 0 aliphatic heterocycles. The Morgan fingerprint density at radius 3 is 2.79 bits per heavy atom. The standard InChI is InChI=1S/C10H15N5O4/c1-3-19-7(16)4-5-12-9-8(15(17)18)6(2)13-10(11)14-9/h3-5H2,1-2H3,(H3,11,12,13,14). The molecule has 0 fully saturated rings. The monoisotopic (exact) mass is 269 g/mol. The van der Waals surface area contributed by atoms with Crippen molar-refractivity contribution in [1.29, 1.82) is 0 Å². The summed E-state index contributed by atoms with van der Waals surface area (Å²) in [5.74, 6) is -0.461. The van der Waals surface area contributed by atoms with E-state index in [1.165, 1.54) is 6.92 Å². The van der Waals surface area contributed by atoms with E-state index >= 15 is 0 Å². The van der Waals surface area contributed by atoms with Gasteiger partial charge < -0.3 is 15.8 Å². The topological polar surface area (TPSA) is 133 Å². The lowest BCUT2D eigenvalue weighted by Gasteiger charge is -2.07. The van der Waals surface area contributed by atoms with Gasteiger partial charge in [-0.3, -0.25) is 14.9 Å². The van der Waals surface area contributed by atoms with Gasteiger partial charge in [0.1, 0.15) is 5.69 Å². The van der Waals surface area contributed by atoms with Gasteiger partial charge in [0.25, 0.3) is 0 Å². The van der Waals surface area contributed by atoms with Crippen molar-refractivity contribution in [3.63, 3.8) is 0 Å². The molecule has 9 heteroatoms. The van der Waals surface area contributed by atoms with Crippen molar-refractivity contribution < 1.29 is 14.5 Å².